The highest BCUT2D eigenvalue weighted by Gasteiger charge is 2.01. The SMILES string of the molecule is C[C@@H](O)c1ccc(OCc2nccs2)cc1. The molecular formula is C12H13NO2S. The molecule has 1 N–H and O–H groups in total. The number of hydrogen-bond acceptors (Lipinski definition) is 4. The van der Waals surface area contributed by atoms with Gasteiger partial charge in [-0.25, -0.2) is 4.98 Å². The van der Waals surface area contributed by atoms with Crippen LogP contribution in [-0.2, 0) is 6.61 Å². The van der Waals surface area contributed by atoms with Gasteiger partial charge in [0.05, 0.1) is 6.10 Å². The summed E-state index contributed by atoms with van der Waals surface area (Å²) in [5.41, 5.74) is 0.890. The van der Waals surface area contributed by atoms with E-state index in [4.69, 9.17) is 4.74 Å². The van der Waals surface area contributed by atoms with E-state index >= 15 is 0 Å². The minimum atomic E-state index is -0.437. The molecule has 0 radical (unpaired) electrons. The molecule has 0 spiro atoms. The van der Waals surface area contributed by atoms with Crippen molar-refractivity contribution in [3.05, 3.63) is 46.4 Å². The molecule has 0 aliphatic heterocycles. The lowest BCUT2D eigenvalue weighted by molar-refractivity contribution is 0.199. The maximum Gasteiger partial charge on any atom is 0.140 e. The van der Waals surface area contributed by atoms with E-state index in [0.29, 0.717) is 6.61 Å². The normalized spacial score (nSPS) is 12.4. The van der Waals surface area contributed by atoms with Crippen molar-refractivity contribution in [3.63, 3.8) is 0 Å². The molecule has 0 saturated heterocycles. The third-order valence-corrected chi connectivity index (χ3v) is 2.96. The Kier molecular flexibility index (Phi) is 3.54. The smallest absolute Gasteiger partial charge is 0.140 e. The van der Waals surface area contributed by atoms with Crippen LogP contribution in [0.4, 0.5) is 0 Å². The number of aliphatic hydroxyl groups is 1. The first-order chi connectivity index (χ1) is 7.75. The van der Waals surface area contributed by atoms with Crippen molar-refractivity contribution in [3.8, 4) is 5.75 Å². The van der Waals surface area contributed by atoms with Crippen molar-refractivity contribution in [2.75, 3.05) is 0 Å². The van der Waals surface area contributed by atoms with Crippen LogP contribution in [0.1, 0.15) is 23.6 Å². The van der Waals surface area contributed by atoms with E-state index in [-0.39, 0.29) is 0 Å². The van der Waals surface area contributed by atoms with Crippen LogP contribution in [-0.4, -0.2) is 10.1 Å². The number of rotatable bonds is 4. The Morgan fingerprint density at radius 3 is 2.69 bits per heavy atom. The second kappa shape index (κ2) is 5.09. The monoisotopic (exact) mass is 235 g/mol. The molecule has 1 aromatic heterocycles. The van der Waals surface area contributed by atoms with Crippen LogP contribution in [0.15, 0.2) is 35.8 Å². The highest BCUT2D eigenvalue weighted by atomic mass is 32.1. The Labute approximate surface area is 98.4 Å². The molecule has 2 rings (SSSR count). The number of aliphatic hydroxyl groups excluding tert-OH is 1. The van der Waals surface area contributed by atoms with E-state index < -0.39 is 6.10 Å². The van der Waals surface area contributed by atoms with Gasteiger partial charge >= 0.3 is 0 Å². The maximum atomic E-state index is 9.35. The highest BCUT2D eigenvalue weighted by molar-refractivity contribution is 7.09. The van der Waals surface area contributed by atoms with Crippen molar-refractivity contribution in [2.45, 2.75) is 19.6 Å². The van der Waals surface area contributed by atoms with Crippen LogP contribution in [0.3, 0.4) is 0 Å². The quantitative estimate of drug-likeness (QED) is 0.886. The molecule has 2 aromatic rings. The standard InChI is InChI=1S/C12H13NO2S/c1-9(14)10-2-4-11(5-3-10)15-8-12-13-6-7-16-12/h2-7,9,14H,8H2,1H3/t9-/m1/s1. The van der Waals surface area contributed by atoms with E-state index in [1.807, 2.05) is 29.6 Å². The molecule has 0 saturated carbocycles. The van der Waals surface area contributed by atoms with Gasteiger partial charge in [0, 0.05) is 11.6 Å². The minimum Gasteiger partial charge on any atom is -0.486 e. The summed E-state index contributed by atoms with van der Waals surface area (Å²) in [5.74, 6) is 0.791. The van der Waals surface area contributed by atoms with Crippen LogP contribution in [0.2, 0.25) is 0 Å². The fourth-order valence-electron chi connectivity index (χ4n) is 1.31. The molecule has 1 aromatic carbocycles. The number of hydrogen-bond donors (Lipinski definition) is 1. The van der Waals surface area contributed by atoms with Crippen LogP contribution < -0.4 is 4.74 Å². The zero-order valence-corrected chi connectivity index (χ0v) is 9.78. The van der Waals surface area contributed by atoms with Gasteiger partial charge in [0.1, 0.15) is 17.4 Å². The maximum absolute atomic E-state index is 9.35. The van der Waals surface area contributed by atoms with Crippen molar-refractivity contribution in [2.24, 2.45) is 0 Å². The molecule has 0 unspecified atom stereocenters. The van der Waals surface area contributed by atoms with E-state index in [2.05, 4.69) is 4.98 Å². The average molecular weight is 235 g/mol. The molecule has 0 aliphatic rings. The van der Waals surface area contributed by atoms with Gasteiger partial charge in [-0.05, 0) is 24.6 Å². The fraction of sp³-hybridized carbons (Fsp3) is 0.250. The summed E-state index contributed by atoms with van der Waals surface area (Å²) in [4.78, 5) is 4.13. The summed E-state index contributed by atoms with van der Waals surface area (Å²) in [6.07, 6.45) is 1.33. The van der Waals surface area contributed by atoms with Gasteiger partial charge in [-0.2, -0.15) is 0 Å². The van der Waals surface area contributed by atoms with Gasteiger partial charge in [0.25, 0.3) is 0 Å². The second-order valence-electron chi connectivity index (χ2n) is 3.46. The van der Waals surface area contributed by atoms with Gasteiger partial charge in [-0.3, -0.25) is 0 Å². The Hall–Kier alpha value is -1.39. The van der Waals surface area contributed by atoms with E-state index in [9.17, 15) is 5.11 Å². The Bertz CT molecular complexity index is 423. The molecule has 0 bridgehead atoms. The highest BCUT2D eigenvalue weighted by Crippen LogP contribution is 2.18. The Morgan fingerprint density at radius 2 is 2.12 bits per heavy atom. The van der Waals surface area contributed by atoms with Crippen molar-refractivity contribution >= 4 is 11.3 Å². The average Bonchev–Trinajstić information content (AvgIpc) is 2.80. The van der Waals surface area contributed by atoms with Crippen LogP contribution in [0.5, 0.6) is 5.75 Å². The minimum absolute atomic E-state index is 0.437. The third-order valence-electron chi connectivity index (χ3n) is 2.21. The molecule has 1 atom stereocenters. The van der Waals surface area contributed by atoms with E-state index in [0.717, 1.165) is 16.3 Å². The largest absolute Gasteiger partial charge is 0.486 e. The molecule has 3 nitrogen and oxygen atoms in total. The van der Waals surface area contributed by atoms with Crippen LogP contribution in [0.25, 0.3) is 0 Å². The Morgan fingerprint density at radius 1 is 1.38 bits per heavy atom. The van der Waals surface area contributed by atoms with E-state index in [1.54, 1.807) is 24.5 Å². The lowest BCUT2D eigenvalue weighted by Gasteiger charge is -2.07. The molecule has 0 amide bonds. The molecule has 1 heterocycles. The van der Waals surface area contributed by atoms with Gasteiger partial charge in [-0.1, -0.05) is 12.1 Å². The number of benzene rings is 1. The number of thiazole rings is 1. The van der Waals surface area contributed by atoms with Crippen molar-refractivity contribution < 1.29 is 9.84 Å². The van der Waals surface area contributed by atoms with E-state index in [1.165, 1.54) is 0 Å². The lowest BCUT2D eigenvalue weighted by Crippen LogP contribution is -1.95. The molecule has 0 aliphatic carbocycles. The molecule has 16 heavy (non-hydrogen) atoms. The summed E-state index contributed by atoms with van der Waals surface area (Å²) in [5, 5.41) is 12.2. The van der Waals surface area contributed by atoms with Crippen molar-refractivity contribution in [1.82, 2.24) is 4.98 Å². The first-order valence-electron chi connectivity index (χ1n) is 5.05. The summed E-state index contributed by atoms with van der Waals surface area (Å²) in [6, 6.07) is 7.44. The fourth-order valence-corrected chi connectivity index (χ4v) is 1.84. The van der Waals surface area contributed by atoms with Crippen molar-refractivity contribution in [1.29, 1.82) is 0 Å². The van der Waals surface area contributed by atoms with Gasteiger partial charge in [-0.15, -0.1) is 11.3 Å². The zero-order valence-electron chi connectivity index (χ0n) is 8.96. The van der Waals surface area contributed by atoms with Crippen LogP contribution >= 0.6 is 11.3 Å². The predicted molar refractivity (Wildman–Crippen MR) is 63.5 cm³/mol. The first-order valence-corrected chi connectivity index (χ1v) is 5.93. The van der Waals surface area contributed by atoms with Gasteiger partial charge in [0.2, 0.25) is 0 Å². The predicted octanol–water partition coefficient (Wildman–Crippen LogP) is 2.78. The Balaban J connectivity index is 1.95. The number of ether oxygens (including phenoxy) is 1. The molecular weight excluding hydrogens is 222 g/mol. The summed E-state index contributed by atoms with van der Waals surface area (Å²) in [6.45, 7) is 2.23. The van der Waals surface area contributed by atoms with Gasteiger partial charge in [0.15, 0.2) is 0 Å². The third kappa shape index (κ3) is 2.81. The second-order valence-corrected chi connectivity index (χ2v) is 4.44. The number of nitrogens with zero attached hydrogens (tertiary/aromatic N) is 1. The summed E-state index contributed by atoms with van der Waals surface area (Å²) in [7, 11) is 0. The topological polar surface area (TPSA) is 42.4 Å². The lowest BCUT2D eigenvalue weighted by atomic mass is 10.1. The molecule has 84 valence electrons. The summed E-state index contributed by atoms with van der Waals surface area (Å²) >= 11 is 1.57. The summed E-state index contributed by atoms with van der Waals surface area (Å²) < 4.78 is 5.55. The van der Waals surface area contributed by atoms with Crippen LogP contribution in [0, 0.1) is 0 Å². The first kappa shape index (κ1) is 11.1. The van der Waals surface area contributed by atoms with Gasteiger partial charge < -0.3 is 9.84 Å². The molecule has 0 fully saturated rings. The molecule has 4 heteroatoms. The zero-order chi connectivity index (χ0) is 11.4. The number of aromatic nitrogens is 1.